The van der Waals surface area contributed by atoms with E-state index in [-0.39, 0.29) is 11.6 Å². The summed E-state index contributed by atoms with van der Waals surface area (Å²) in [5, 5.41) is 0. The van der Waals surface area contributed by atoms with Gasteiger partial charge in [0.1, 0.15) is 0 Å². The van der Waals surface area contributed by atoms with E-state index in [0.717, 1.165) is 24.8 Å². The number of allylic oxidation sites excluding steroid dienone is 2. The summed E-state index contributed by atoms with van der Waals surface area (Å²) in [7, 11) is 0. The van der Waals surface area contributed by atoms with Gasteiger partial charge in [-0.05, 0) is 31.7 Å². The maximum absolute atomic E-state index is 12.3. The molecule has 0 atom stereocenters. The third kappa shape index (κ3) is 1.35. The van der Waals surface area contributed by atoms with Crippen LogP contribution in [0.3, 0.4) is 0 Å². The minimum absolute atomic E-state index is 0.00148. The first kappa shape index (κ1) is 10.3. The summed E-state index contributed by atoms with van der Waals surface area (Å²) in [6.07, 6.45) is 3.43. The molecule has 2 N–H and O–H groups in total. The van der Waals surface area contributed by atoms with Gasteiger partial charge in [-0.3, -0.25) is 9.59 Å². The number of ketones is 2. The fourth-order valence-corrected chi connectivity index (χ4v) is 2.73. The van der Waals surface area contributed by atoms with E-state index in [1.54, 1.807) is 18.2 Å². The highest BCUT2D eigenvalue weighted by atomic mass is 16.1. The lowest BCUT2D eigenvalue weighted by molar-refractivity contribution is 0.0965. The number of carbonyl (C=O) groups excluding carboxylic acids is 2. The predicted octanol–water partition coefficient (Wildman–Crippen LogP) is 2.52. The zero-order valence-electron chi connectivity index (χ0n) is 9.45. The number of rotatable bonds is 0. The Labute approximate surface area is 99.3 Å². The van der Waals surface area contributed by atoms with Crippen molar-refractivity contribution in [2.45, 2.75) is 25.7 Å². The van der Waals surface area contributed by atoms with E-state index >= 15 is 0 Å². The maximum Gasteiger partial charge on any atom is 0.192 e. The summed E-state index contributed by atoms with van der Waals surface area (Å²) in [4.78, 5) is 24.6. The Bertz CT molecular complexity index is 570. The molecule has 0 unspecified atom stereocenters. The van der Waals surface area contributed by atoms with Gasteiger partial charge < -0.3 is 5.73 Å². The van der Waals surface area contributed by atoms with Crippen LogP contribution in [0.5, 0.6) is 0 Å². The summed E-state index contributed by atoms with van der Waals surface area (Å²) < 4.78 is 0. The van der Waals surface area contributed by atoms with Gasteiger partial charge in [0, 0.05) is 22.4 Å². The Morgan fingerprint density at radius 1 is 0.941 bits per heavy atom. The summed E-state index contributed by atoms with van der Waals surface area (Å²) in [5.41, 5.74) is 8.55. The van der Waals surface area contributed by atoms with Crippen molar-refractivity contribution in [1.29, 1.82) is 0 Å². The molecule has 0 saturated heterocycles. The number of carbonyl (C=O) groups is 2. The standard InChI is InChI=1S/C14H13NO2/c15-11-7-3-6-10-12(11)14(17)9-5-2-1-4-8(9)13(10)16/h3,6-7H,1-2,4-5,15H2. The fourth-order valence-electron chi connectivity index (χ4n) is 2.73. The molecular weight excluding hydrogens is 214 g/mol. The Kier molecular flexibility index (Phi) is 2.15. The molecule has 86 valence electrons. The molecule has 3 heteroatoms. The van der Waals surface area contributed by atoms with Crippen LogP contribution in [-0.4, -0.2) is 11.6 Å². The molecule has 0 saturated carbocycles. The average molecular weight is 227 g/mol. The van der Waals surface area contributed by atoms with Crippen molar-refractivity contribution in [1.82, 2.24) is 0 Å². The third-order valence-corrected chi connectivity index (χ3v) is 3.58. The van der Waals surface area contributed by atoms with Crippen LogP contribution in [0.2, 0.25) is 0 Å². The lowest BCUT2D eigenvalue weighted by Gasteiger charge is -2.25. The SMILES string of the molecule is Nc1cccc2c1C(=O)C1=C(CCCC1)C2=O. The molecule has 0 bridgehead atoms. The Morgan fingerprint density at radius 3 is 2.29 bits per heavy atom. The largest absolute Gasteiger partial charge is 0.398 e. The Morgan fingerprint density at radius 2 is 1.59 bits per heavy atom. The van der Waals surface area contributed by atoms with E-state index < -0.39 is 0 Å². The van der Waals surface area contributed by atoms with Crippen molar-refractivity contribution in [3.8, 4) is 0 Å². The lowest BCUT2D eigenvalue weighted by atomic mass is 9.77. The van der Waals surface area contributed by atoms with Crippen molar-refractivity contribution in [3.63, 3.8) is 0 Å². The fraction of sp³-hybridized carbons (Fsp3) is 0.286. The van der Waals surface area contributed by atoms with Crippen molar-refractivity contribution >= 4 is 17.3 Å². The maximum atomic E-state index is 12.3. The van der Waals surface area contributed by atoms with Gasteiger partial charge in [-0.2, -0.15) is 0 Å². The molecule has 2 aliphatic rings. The number of benzene rings is 1. The van der Waals surface area contributed by atoms with E-state index in [1.807, 2.05) is 0 Å². The van der Waals surface area contributed by atoms with Crippen LogP contribution >= 0.6 is 0 Å². The summed E-state index contributed by atoms with van der Waals surface area (Å²) in [6, 6.07) is 5.11. The smallest absolute Gasteiger partial charge is 0.192 e. The molecule has 0 aromatic heterocycles. The second kappa shape index (κ2) is 3.55. The van der Waals surface area contributed by atoms with Gasteiger partial charge in [-0.1, -0.05) is 12.1 Å². The number of nitrogen functional groups attached to an aromatic ring is 1. The monoisotopic (exact) mass is 227 g/mol. The zero-order valence-corrected chi connectivity index (χ0v) is 9.45. The second-order valence-corrected chi connectivity index (χ2v) is 4.59. The van der Waals surface area contributed by atoms with Crippen LogP contribution in [0, 0.1) is 0 Å². The van der Waals surface area contributed by atoms with E-state index in [1.165, 1.54) is 0 Å². The zero-order chi connectivity index (χ0) is 12.0. The molecule has 1 aromatic carbocycles. The highest BCUT2D eigenvalue weighted by Crippen LogP contribution is 2.36. The minimum Gasteiger partial charge on any atom is -0.398 e. The molecule has 0 fully saturated rings. The van der Waals surface area contributed by atoms with E-state index in [9.17, 15) is 9.59 Å². The van der Waals surface area contributed by atoms with E-state index in [4.69, 9.17) is 5.73 Å². The van der Waals surface area contributed by atoms with Gasteiger partial charge >= 0.3 is 0 Å². The molecule has 3 nitrogen and oxygen atoms in total. The number of Topliss-reactive ketones (excluding diaryl/α,β-unsaturated/α-hetero) is 2. The molecule has 0 radical (unpaired) electrons. The van der Waals surface area contributed by atoms with Crippen molar-refractivity contribution in [3.05, 3.63) is 40.5 Å². The second-order valence-electron chi connectivity index (χ2n) is 4.59. The molecule has 1 aromatic rings. The first-order valence-corrected chi connectivity index (χ1v) is 5.90. The van der Waals surface area contributed by atoms with Crippen LogP contribution in [-0.2, 0) is 0 Å². The van der Waals surface area contributed by atoms with Gasteiger partial charge in [0.05, 0.1) is 5.56 Å². The quantitative estimate of drug-likeness (QED) is 0.693. The van der Waals surface area contributed by atoms with E-state index in [2.05, 4.69) is 0 Å². The molecular formula is C14H13NO2. The number of nitrogens with two attached hydrogens (primary N) is 1. The van der Waals surface area contributed by atoms with Crippen LogP contribution in [0.15, 0.2) is 29.3 Å². The Hall–Kier alpha value is -1.90. The molecule has 0 amide bonds. The molecule has 0 spiro atoms. The van der Waals surface area contributed by atoms with Gasteiger partial charge in [0.2, 0.25) is 0 Å². The van der Waals surface area contributed by atoms with E-state index in [0.29, 0.717) is 28.8 Å². The Balaban J connectivity index is 2.26. The molecule has 0 aliphatic heterocycles. The number of hydrogen-bond donors (Lipinski definition) is 1. The number of fused-ring (bicyclic) bond motifs is 1. The molecule has 17 heavy (non-hydrogen) atoms. The molecule has 3 rings (SSSR count). The summed E-state index contributed by atoms with van der Waals surface area (Å²) in [6.45, 7) is 0. The van der Waals surface area contributed by atoms with Gasteiger partial charge in [0.15, 0.2) is 11.6 Å². The van der Waals surface area contributed by atoms with Crippen LogP contribution in [0.1, 0.15) is 46.4 Å². The number of anilines is 1. The molecule has 2 aliphatic carbocycles. The van der Waals surface area contributed by atoms with Crippen molar-refractivity contribution in [2.75, 3.05) is 5.73 Å². The first-order valence-electron chi connectivity index (χ1n) is 5.90. The summed E-state index contributed by atoms with van der Waals surface area (Å²) >= 11 is 0. The van der Waals surface area contributed by atoms with Crippen LogP contribution < -0.4 is 5.73 Å². The van der Waals surface area contributed by atoms with Crippen LogP contribution in [0.4, 0.5) is 5.69 Å². The van der Waals surface area contributed by atoms with Gasteiger partial charge in [-0.25, -0.2) is 0 Å². The normalized spacial score (nSPS) is 19.1. The topological polar surface area (TPSA) is 60.2 Å². The molecule has 0 heterocycles. The van der Waals surface area contributed by atoms with Gasteiger partial charge in [0.25, 0.3) is 0 Å². The highest BCUT2D eigenvalue weighted by Gasteiger charge is 2.34. The predicted molar refractivity (Wildman–Crippen MR) is 65.0 cm³/mol. The van der Waals surface area contributed by atoms with Crippen molar-refractivity contribution in [2.24, 2.45) is 0 Å². The number of hydrogen-bond acceptors (Lipinski definition) is 3. The van der Waals surface area contributed by atoms with Gasteiger partial charge in [-0.15, -0.1) is 0 Å². The first-order chi connectivity index (χ1) is 8.20. The minimum atomic E-state index is -0.0348. The van der Waals surface area contributed by atoms with Crippen LogP contribution in [0.25, 0.3) is 0 Å². The summed E-state index contributed by atoms with van der Waals surface area (Å²) in [5.74, 6) is -0.0333. The lowest BCUT2D eigenvalue weighted by Crippen LogP contribution is -2.25. The van der Waals surface area contributed by atoms with Crippen molar-refractivity contribution < 1.29 is 9.59 Å². The average Bonchev–Trinajstić information content (AvgIpc) is 2.36. The highest BCUT2D eigenvalue weighted by molar-refractivity contribution is 6.28. The third-order valence-electron chi connectivity index (χ3n) is 3.58.